The Morgan fingerprint density at radius 3 is 2.36 bits per heavy atom. The number of hydrogen-bond acceptors (Lipinski definition) is 12. The lowest BCUT2D eigenvalue weighted by Crippen LogP contribution is -2.60. The number of aliphatic hydroxyl groups excluding tert-OH is 5. The van der Waals surface area contributed by atoms with Gasteiger partial charge in [-0.15, -0.1) is 0 Å². The lowest BCUT2D eigenvalue weighted by Gasteiger charge is -2.42. The number of hydrogen-bond donors (Lipinski definition) is 5. The van der Waals surface area contributed by atoms with Crippen LogP contribution in [0.3, 0.4) is 0 Å². The number of carbonyl (C=O) groups excluding carboxylic acids is 2. The SMILES string of the molecule is O=C([O-])C[C@@H]1C(C(=O)[O-])=CO[C@@H](O[C@@H]2O[C@H](CO)[C@@H](O)[C@H](O)[C@H]2O)/C1=C/CO. The Kier molecular flexibility index (Phi) is 7.48. The normalized spacial score (nSPS) is 37.2. The molecule has 1 saturated heterocycles. The molecule has 0 amide bonds. The van der Waals surface area contributed by atoms with E-state index in [1.807, 2.05) is 0 Å². The van der Waals surface area contributed by atoms with E-state index in [1.165, 1.54) is 0 Å². The molecule has 12 heteroatoms. The standard InChI is InChI=1S/C16H22O12/c17-2-1-6-7(3-10(19)20)8(14(24)25)5-26-15(6)28-16-13(23)12(22)11(21)9(4-18)27-16/h1,5,7,9,11-13,15-18,21-23H,2-4H2,(H,19,20)(H,24,25)/p-2/b6-1+/t7-,9+,11+,12-,13+,15-,16-/m0/s1. The van der Waals surface area contributed by atoms with Crippen molar-refractivity contribution in [1.82, 2.24) is 0 Å². The lowest BCUT2D eigenvalue weighted by atomic mass is 9.86. The predicted octanol–water partition coefficient (Wildman–Crippen LogP) is -5.53. The average Bonchev–Trinajstić information content (AvgIpc) is 2.64. The Labute approximate surface area is 158 Å². The largest absolute Gasteiger partial charge is 0.550 e. The summed E-state index contributed by atoms with van der Waals surface area (Å²) in [6.45, 7) is -1.34. The Bertz CT molecular complexity index is 642. The topological polar surface area (TPSA) is 209 Å². The molecule has 28 heavy (non-hydrogen) atoms. The average molecular weight is 404 g/mol. The molecule has 0 saturated carbocycles. The molecular formula is C16H20O12-2. The van der Waals surface area contributed by atoms with Crippen LogP contribution in [0.15, 0.2) is 23.5 Å². The van der Waals surface area contributed by atoms with Crippen LogP contribution in [0.5, 0.6) is 0 Å². The van der Waals surface area contributed by atoms with Crippen LogP contribution >= 0.6 is 0 Å². The highest BCUT2D eigenvalue weighted by Crippen LogP contribution is 2.35. The molecule has 7 atom stereocenters. The van der Waals surface area contributed by atoms with Gasteiger partial charge in [-0.05, 0) is 6.42 Å². The summed E-state index contributed by atoms with van der Waals surface area (Å²) < 4.78 is 15.7. The Morgan fingerprint density at radius 2 is 1.82 bits per heavy atom. The first kappa shape index (κ1) is 22.2. The summed E-state index contributed by atoms with van der Waals surface area (Å²) in [6, 6.07) is 0. The Morgan fingerprint density at radius 1 is 1.14 bits per heavy atom. The van der Waals surface area contributed by atoms with Crippen LogP contribution in [0.25, 0.3) is 0 Å². The van der Waals surface area contributed by atoms with Gasteiger partial charge in [-0.1, -0.05) is 6.08 Å². The fraction of sp³-hybridized carbons (Fsp3) is 0.625. The molecule has 0 aromatic carbocycles. The van der Waals surface area contributed by atoms with Crippen LogP contribution < -0.4 is 10.2 Å². The Balaban J connectivity index is 2.29. The van der Waals surface area contributed by atoms with Crippen LogP contribution in [0.4, 0.5) is 0 Å². The van der Waals surface area contributed by atoms with Crippen molar-refractivity contribution in [3.8, 4) is 0 Å². The summed E-state index contributed by atoms with van der Waals surface area (Å²) in [7, 11) is 0. The van der Waals surface area contributed by atoms with Gasteiger partial charge in [0.1, 0.15) is 24.4 Å². The van der Waals surface area contributed by atoms with Crippen molar-refractivity contribution >= 4 is 11.9 Å². The van der Waals surface area contributed by atoms with Gasteiger partial charge in [-0.25, -0.2) is 0 Å². The highest BCUT2D eigenvalue weighted by Gasteiger charge is 2.46. The van der Waals surface area contributed by atoms with E-state index in [1.54, 1.807) is 0 Å². The van der Waals surface area contributed by atoms with Gasteiger partial charge < -0.3 is 59.5 Å². The van der Waals surface area contributed by atoms with Gasteiger partial charge in [-0.2, -0.15) is 0 Å². The van der Waals surface area contributed by atoms with E-state index in [4.69, 9.17) is 14.2 Å². The minimum Gasteiger partial charge on any atom is -0.550 e. The van der Waals surface area contributed by atoms with Gasteiger partial charge in [-0.3, -0.25) is 0 Å². The van der Waals surface area contributed by atoms with Gasteiger partial charge in [0.25, 0.3) is 0 Å². The van der Waals surface area contributed by atoms with E-state index >= 15 is 0 Å². The molecule has 5 N–H and O–H groups in total. The molecule has 0 aliphatic carbocycles. The summed E-state index contributed by atoms with van der Waals surface area (Å²) in [5, 5.41) is 70.3. The third-order valence-electron chi connectivity index (χ3n) is 4.41. The molecule has 12 nitrogen and oxygen atoms in total. The molecule has 0 aromatic heterocycles. The Hall–Kier alpha value is -2.06. The zero-order chi connectivity index (χ0) is 21.0. The number of aliphatic hydroxyl groups is 5. The van der Waals surface area contributed by atoms with Crippen LogP contribution in [-0.4, -0.2) is 87.7 Å². The second-order valence-electron chi connectivity index (χ2n) is 6.18. The molecule has 0 bridgehead atoms. The van der Waals surface area contributed by atoms with Gasteiger partial charge in [0.15, 0.2) is 6.29 Å². The molecule has 0 aromatic rings. The van der Waals surface area contributed by atoms with E-state index in [2.05, 4.69) is 0 Å². The van der Waals surface area contributed by atoms with Crippen LogP contribution in [0.1, 0.15) is 6.42 Å². The van der Waals surface area contributed by atoms with Crippen molar-refractivity contribution in [2.24, 2.45) is 5.92 Å². The first-order valence-corrected chi connectivity index (χ1v) is 8.24. The molecule has 0 unspecified atom stereocenters. The second-order valence-corrected chi connectivity index (χ2v) is 6.18. The van der Waals surface area contributed by atoms with Gasteiger partial charge in [0.05, 0.1) is 25.4 Å². The maximum Gasteiger partial charge on any atom is 0.224 e. The van der Waals surface area contributed by atoms with E-state index in [0.717, 1.165) is 6.08 Å². The van der Waals surface area contributed by atoms with Crippen molar-refractivity contribution in [3.63, 3.8) is 0 Å². The number of ether oxygens (including phenoxy) is 3. The molecule has 0 radical (unpaired) electrons. The van der Waals surface area contributed by atoms with Crippen LogP contribution in [-0.2, 0) is 23.8 Å². The predicted molar refractivity (Wildman–Crippen MR) is 81.1 cm³/mol. The summed E-state index contributed by atoms with van der Waals surface area (Å²) in [6.07, 6.45) is -8.60. The highest BCUT2D eigenvalue weighted by atomic mass is 16.8. The van der Waals surface area contributed by atoms with E-state index in [0.29, 0.717) is 6.26 Å². The van der Waals surface area contributed by atoms with Gasteiger partial charge in [0.2, 0.25) is 6.29 Å². The first-order valence-electron chi connectivity index (χ1n) is 8.24. The van der Waals surface area contributed by atoms with Gasteiger partial charge >= 0.3 is 0 Å². The zero-order valence-electron chi connectivity index (χ0n) is 14.4. The van der Waals surface area contributed by atoms with Crippen molar-refractivity contribution in [2.75, 3.05) is 13.2 Å². The summed E-state index contributed by atoms with van der Waals surface area (Å²) >= 11 is 0. The summed E-state index contributed by atoms with van der Waals surface area (Å²) in [5.41, 5.74) is -0.650. The molecule has 1 fully saturated rings. The molecule has 0 spiro atoms. The molecule has 158 valence electrons. The third-order valence-corrected chi connectivity index (χ3v) is 4.41. The zero-order valence-corrected chi connectivity index (χ0v) is 14.4. The van der Waals surface area contributed by atoms with E-state index < -0.39 is 80.1 Å². The number of aliphatic carboxylic acids is 2. The molecule has 2 aliphatic rings. The van der Waals surface area contributed by atoms with E-state index in [9.17, 15) is 45.3 Å². The summed E-state index contributed by atoms with van der Waals surface area (Å²) in [5.74, 6) is -4.62. The van der Waals surface area contributed by atoms with Crippen molar-refractivity contribution in [3.05, 3.63) is 23.5 Å². The fourth-order valence-corrected chi connectivity index (χ4v) is 2.98. The number of carboxylic acids is 2. The maximum atomic E-state index is 11.2. The van der Waals surface area contributed by atoms with Gasteiger partial charge in [0, 0.05) is 23.0 Å². The fourth-order valence-electron chi connectivity index (χ4n) is 2.98. The quantitative estimate of drug-likeness (QED) is 0.252. The number of carbonyl (C=O) groups is 2. The lowest BCUT2D eigenvalue weighted by molar-refractivity contribution is -0.328. The van der Waals surface area contributed by atoms with Crippen LogP contribution in [0, 0.1) is 5.92 Å². The maximum absolute atomic E-state index is 11.2. The van der Waals surface area contributed by atoms with E-state index in [-0.39, 0.29) is 5.57 Å². The van der Waals surface area contributed by atoms with Crippen molar-refractivity contribution in [1.29, 1.82) is 0 Å². The third kappa shape index (κ3) is 4.67. The smallest absolute Gasteiger partial charge is 0.224 e. The second kappa shape index (κ2) is 9.43. The first-order chi connectivity index (χ1) is 13.2. The molecule has 2 aliphatic heterocycles. The molecular weight excluding hydrogens is 384 g/mol. The van der Waals surface area contributed by atoms with Crippen LogP contribution in [0.2, 0.25) is 0 Å². The minimum absolute atomic E-state index is 0.120. The summed E-state index contributed by atoms with van der Waals surface area (Å²) in [4.78, 5) is 22.3. The number of rotatable bonds is 7. The molecule has 2 rings (SSSR count). The van der Waals surface area contributed by atoms with Crippen molar-refractivity contribution in [2.45, 2.75) is 43.4 Å². The number of carboxylic acid groups (broad SMARTS) is 2. The van der Waals surface area contributed by atoms with Crippen molar-refractivity contribution < 1.29 is 59.5 Å². The molecule has 2 heterocycles. The monoisotopic (exact) mass is 404 g/mol. The highest BCUT2D eigenvalue weighted by molar-refractivity contribution is 5.87. The minimum atomic E-state index is -1.78.